The van der Waals surface area contributed by atoms with E-state index in [0.29, 0.717) is 11.6 Å². The standard InChI is InChI=1S/C23H29N3O2S/c1-8-15-10-17(24-20-14(3)21(28-7)13(2)9-16(15)20)18-12-29-22(25-18)26-19(27)11-23(4,5)6/h9-10,12H,8,11H2,1-7H3,(H,25,26,27). The lowest BCUT2D eigenvalue weighted by Crippen LogP contribution is -2.19. The predicted molar refractivity (Wildman–Crippen MR) is 121 cm³/mol. The smallest absolute Gasteiger partial charge is 0.226 e. The van der Waals surface area contributed by atoms with E-state index in [1.165, 1.54) is 16.9 Å². The maximum absolute atomic E-state index is 12.2. The van der Waals surface area contributed by atoms with Gasteiger partial charge in [0.15, 0.2) is 5.13 Å². The highest BCUT2D eigenvalue weighted by Gasteiger charge is 2.18. The zero-order chi connectivity index (χ0) is 21.3. The van der Waals surface area contributed by atoms with Gasteiger partial charge in [-0.05, 0) is 48.9 Å². The van der Waals surface area contributed by atoms with E-state index in [0.717, 1.165) is 45.6 Å². The minimum atomic E-state index is -0.0607. The second-order valence-electron chi connectivity index (χ2n) is 8.59. The van der Waals surface area contributed by atoms with E-state index in [1.807, 2.05) is 33.1 Å². The summed E-state index contributed by atoms with van der Waals surface area (Å²) in [5.41, 5.74) is 5.84. The molecule has 3 rings (SSSR count). The van der Waals surface area contributed by atoms with Crippen molar-refractivity contribution >= 4 is 33.3 Å². The number of amides is 1. The Bertz CT molecular complexity index is 1060. The zero-order valence-electron chi connectivity index (χ0n) is 18.3. The molecule has 0 aliphatic rings. The SMILES string of the molecule is CCc1cc(-c2csc(NC(=O)CC(C)(C)C)n2)nc2c(C)c(OC)c(C)cc12. The van der Waals surface area contributed by atoms with Crippen LogP contribution in [0, 0.1) is 19.3 Å². The summed E-state index contributed by atoms with van der Waals surface area (Å²) in [6, 6.07) is 4.25. The summed E-state index contributed by atoms with van der Waals surface area (Å²) in [6.45, 7) is 12.4. The first-order valence-electron chi connectivity index (χ1n) is 9.86. The van der Waals surface area contributed by atoms with Crippen LogP contribution in [0.4, 0.5) is 5.13 Å². The number of hydrogen-bond donors (Lipinski definition) is 1. The van der Waals surface area contributed by atoms with Crippen LogP contribution in [0.2, 0.25) is 0 Å². The largest absolute Gasteiger partial charge is 0.496 e. The molecule has 0 atom stereocenters. The Morgan fingerprint density at radius 2 is 1.90 bits per heavy atom. The fraction of sp³-hybridized carbons (Fsp3) is 0.435. The summed E-state index contributed by atoms with van der Waals surface area (Å²) in [5, 5.41) is 6.62. The lowest BCUT2D eigenvalue weighted by molar-refractivity contribution is -0.117. The van der Waals surface area contributed by atoms with Gasteiger partial charge < -0.3 is 10.1 Å². The number of nitrogens with zero attached hydrogens (tertiary/aromatic N) is 2. The van der Waals surface area contributed by atoms with Gasteiger partial charge in [0.05, 0.1) is 18.3 Å². The molecule has 0 aliphatic heterocycles. The van der Waals surface area contributed by atoms with E-state index in [9.17, 15) is 4.79 Å². The van der Waals surface area contributed by atoms with Crippen LogP contribution in [0.25, 0.3) is 22.3 Å². The zero-order valence-corrected chi connectivity index (χ0v) is 19.1. The number of pyridine rings is 1. The molecule has 0 unspecified atom stereocenters. The van der Waals surface area contributed by atoms with Crippen molar-refractivity contribution in [2.24, 2.45) is 5.41 Å². The highest BCUT2D eigenvalue weighted by atomic mass is 32.1. The van der Waals surface area contributed by atoms with E-state index in [-0.39, 0.29) is 11.3 Å². The molecule has 154 valence electrons. The minimum absolute atomic E-state index is 0.0184. The number of ether oxygens (including phenoxy) is 1. The Morgan fingerprint density at radius 1 is 1.17 bits per heavy atom. The van der Waals surface area contributed by atoms with Crippen LogP contribution in [0.5, 0.6) is 5.75 Å². The average molecular weight is 412 g/mol. The molecule has 0 radical (unpaired) electrons. The molecule has 1 N–H and O–H groups in total. The Hall–Kier alpha value is -2.47. The first kappa shape index (κ1) is 21.2. The van der Waals surface area contributed by atoms with E-state index >= 15 is 0 Å². The molecule has 2 aromatic heterocycles. The highest BCUT2D eigenvalue weighted by Crippen LogP contribution is 2.34. The topological polar surface area (TPSA) is 64.1 Å². The van der Waals surface area contributed by atoms with Crippen molar-refractivity contribution in [3.63, 3.8) is 0 Å². The number of aromatic nitrogens is 2. The van der Waals surface area contributed by atoms with E-state index < -0.39 is 0 Å². The molecule has 0 saturated carbocycles. The van der Waals surface area contributed by atoms with Gasteiger partial charge in [-0.15, -0.1) is 11.3 Å². The maximum Gasteiger partial charge on any atom is 0.226 e. The fourth-order valence-electron chi connectivity index (χ4n) is 3.57. The molecule has 1 amide bonds. The molecule has 2 heterocycles. The Balaban J connectivity index is 2.00. The van der Waals surface area contributed by atoms with Gasteiger partial charge >= 0.3 is 0 Å². The number of benzene rings is 1. The van der Waals surface area contributed by atoms with Crippen molar-refractivity contribution in [3.05, 3.63) is 34.2 Å². The monoisotopic (exact) mass is 411 g/mol. The predicted octanol–water partition coefficient (Wildman–Crippen LogP) is 5.92. The number of fused-ring (bicyclic) bond motifs is 1. The van der Waals surface area contributed by atoms with Crippen LogP contribution in [-0.2, 0) is 11.2 Å². The van der Waals surface area contributed by atoms with Crippen LogP contribution in [-0.4, -0.2) is 23.0 Å². The number of anilines is 1. The van der Waals surface area contributed by atoms with Crippen molar-refractivity contribution in [1.29, 1.82) is 0 Å². The van der Waals surface area contributed by atoms with E-state index in [1.54, 1.807) is 7.11 Å². The first-order valence-corrected chi connectivity index (χ1v) is 10.7. The number of rotatable bonds is 5. The molecule has 1 aromatic carbocycles. The first-order chi connectivity index (χ1) is 13.6. The highest BCUT2D eigenvalue weighted by molar-refractivity contribution is 7.14. The number of aryl methyl sites for hydroxylation is 3. The van der Waals surface area contributed by atoms with Crippen LogP contribution in [0.1, 0.15) is 50.8 Å². The quantitative estimate of drug-likeness (QED) is 0.566. The lowest BCUT2D eigenvalue weighted by atomic mass is 9.92. The summed E-state index contributed by atoms with van der Waals surface area (Å²) in [6.07, 6.45) is 1.35. The van der Waals surface area contributed by atoms with E-state index in [4.69, 9.17) is 9.72 Å². The summed E-state index contributed by atoms with van der Waals surface area (Å²) in [7, 11) is 1.69. The molecular formula is C23H29N3O2S. The molecule has 0 spiro atoms. The average Bonchev–Trinajstić information content (AvgIpc) is 3.08. The van der Waals surface area contributed by atoms with Crippen molar-refractivity contribution in [2.45, 2.75) is 54.4 Å². The normalized spacial score (nSPS) is 11.7. The van der Waals surface area contributed by atoms with Crippen molar-refractivity contribution in [2.75, 3.05) is 12.4 Å². The fourth-order valence-corrected chi connectivity index (χ4v) is 4.29. The van der Waals surface area contributed by atoms with Gasteiger partial charge in [0.25, 0.3) is 0 Å². The second kappa shape index (κ2) is 8.11. The van der Waals surface area contributed by atoms with Gasteiger partial charge in [-0.1, -0.05) is 27.7 Å². The molecule has 0 saturated heterocycles. The number of carbonyl (C=O) groups excluding carboxylic acids is 1. The summed E-state index contributed by atoms with van der Waals surface area (Å²) >= 11 is 1.42. The summed E-state index contributed by atoms with van der Waals surface area (Å²) in [5.74, 6) is 0.854. The van der Waals surface area contributed by atoms with Crippen molar-refractivity contribution < 1.29 is 9.53 Å². The number of nitrogens with one attached hydrogen (secondary N) is 1. The van der Waals surface area contributed by atoms with Gasteiger partial charge in [-0.25, -0.2) is 9.97 Å². The maximum atomic E-state index is 12.2. The lowest BCUT2D eigenvalue weighted by Gasteiger charge is -2.16. The molecular weight excluding hydrogens is 382 g/mol. The molecule has 0 fully saturated rings. The van der Waals surface area contributed by atoms with Crippen molar-refractivity contribution in [3.8, 4) is 17.1 Å². The van der Waals surface area contributed by atoms with Gasteiger partial charge in [0.1, 0.15) is 11.4 Å². The minimum Gasteiger partial charge on any atom is -0.496 e. The second-order valence-corrected chi connectivity index (χ2v) is 9.45. The molecule has 0 bridgehead atoms. The number of carbonyl (C=O) groups is 1. The third kappa shape index (κ3) is 4.58. The number of methoxy groups -OCH3 is 1. The summed E-state index contributed by atoms with van der Waals surface area (Å²) < 4.78 is 5.59. The molecule has 6 heteroatoms. The Kier molecular flexibility index (Phi) is 5.94. The molecule has 29 heavy (non-hydrogen) atoms. The Labute approximate surface area is 176 Å². The molecule has 0 aliphatic carbocycles. The third-order valence-corrected chi connectivity index (χ3v) is 5.61. The van der Waals surface area contributed by atoms with Gasteiger partial charge in [-0.2, -0.15) is 0 Å². The van der Waals surface area contributed by atoms with E-state index in [2.05, 4.69) is 36.3 Å². The molecule has 3 aromatic rings. The van der Waals surface area contributed by atoms with Crippen molar-refractivity contribution in [1.82, 2.24) is 9.97 Å². The molecule has 5 nitrogen and oxygen atoms in total. The Morgan fingerprint density at radius 3 is 2.52 bits per heavy atom. The van der Waals surface area contributed by atoms with Gasteiger partial charge in [0.2, 0.25) is 5.91 Å². The van der Waals surface area contributed by atoms with Crippen LogP contribution >= 0.6 is 11.3 Å². The van der Waals surface area contributed by atoms with Gasteiger partial charge in [-0.3, -0.25) is 4.79 Å². The number of thiazole rings is 1. The van der Waals surface area contributed by atoms with Crippen LogP contribution < -0.4 is 10.1 Å². The third-order valence-electron chi connectivity index (χ3n) is 4.85. The van der Waals surface area contributed by atoms with Crippen LogP contribution in [0.15, 0.2) is 17.5 Å². The summed E-state index contributed by atoms with van der Waals surface area (Å²) in [4.78, 5) is 21.7. The van der Waals surface area contributed by atoms with Crippen LogP contribution in [0.3, 0.4) is 0 Å². The van der Waals surface area contributed by atoms with Gasteiger partial charge in [0, 0.05) is 22.8 Å². The number of hydrogen-bond acceptors (Lipinski definition) is 5.